The minimum absolute atomic E-state index is 0.616. The van der Waals surface area contributed by atoms with Gasteiger partial charge >= 0.3 is 0 Å². The van der Waals surface area contributed by atoms with E-state index in [4.69, 9.17) is 5.73 Å². The molecule has 0 aromatic rings. The number of hydrogen-bond acceptors (Lipinski definition) is 2. The number of hydrogen-bond donors (Lipinski definition) is 2. The number of rotatable bonds is 3. The predicted molar refractivity (Wildman–Crippen MR) is 67.0 cm³/mol. The molecular weight excluding hydrogens is 202 g/mol. The fourth-order valence-corrected chi connectivity index (χ4v) is 5.73. The second kappa shape index (κ2) is 3.66. The molecule has 4 bridgehead atoms. The molecule has 86 valence electrons. The molecule has 1 atom stereocenters. The Morgan fingerprint density at radius 1 is 1.07 bits per heavy atom. The fraction of sp³-hybridized carbons (Fsp3) is 1.00. The summed E-state index contributed by atoms with van der Waals surface area (Å²) in [6.07, 6.45) is 9.01. The molecule has 4 aliphatic carbocycles. The molecule has 1 unspecified atom stereocenters. The highest BCUT2D eigenvalue weighted by Crippen LogP contribution is 2.62. The Kier molecular flexibility index (Phi) is 2.55. The lowest BCUT2D eigenvalue weighted by Gasteiger charge is -2.59. The summed E-state index contributed by atoms with van der Waals surface area (Å²) in [6.45, 7) is 0.857. The summed E-state index contributed by atoms with van der Waals surface area (Å²) in [4.78, 5) is 0. The summed E-state index contributed by atoms with van der Waals surface area (Å²) in [6, 6.07) is 0. The van der Waals surface area contributed by atoms with Gasteiger partial charge in [0, 0.05) is 0 Å². The van der Waals surface area contributed by atoms with Crippen molar-refractivity contribution in [1.82, 2.24) is 0 Å². The highest BCUT2D eigenvalue weighted by molar-refractivity contribution is 7.80. The van der Waals surface area contributed by atoms with Gasteiger partial charge in [0.15, 0.2) is 0 Å². The van der Waals surface area contributed by atoms with Gasteiger partial charge in [0.2, 0.25) is 0 Å². The van der Waals surface area contributed by atoms with Crippen molar-refractivity contribution in [2.24, 2.45) is 34.8 Å². The van der Waals surface area contributed by atoms with Gasteiger partial charge in [-0.15, -0.1) is 0 Å². The van der Waals surface area contributed by atoms with Crippen LogP contribution in [0.25, 0.3) is 0 Å². The summed E-state index contributed by atoms with van der Waals surface area (Å²) in [7, 11) is 0. The Morgan fingerprint density at radius 3 is 1.87 bits per heavy atom. The van der Waals surface area contributed by atoms with Crippen molar-refractivity contribution in [3.63, 3.8) is 0 Å². The van der Waals surface area contributed by atoms with E-state index in [1.54, 1.807) is 0 Å². The first-order valence-corrected chi connectivity index (χ1v) is 7.20. The van der Waals surface area contributed by atoms with E-state index < -0.39 is 0 Å². The molecule has 0 aliphatic heterocycles. The molecule has 0 heterocycles. The Bertz CT molecular complexity index is 212. The van der Waals surface area contributed by atoms with E-state index in [0.29, 0.717) is 11.3 Å². The Labute approximate surface area is 98.6 Å². The Hall–Kier alpha value is 0.310. The maximum absolute atomic E-state index is 5.96. The molecule has 0 aromatic carbocycles. The predicted octanol–water partition coefficient (Wildman–Crippen LogP) is 2.71. The molecule has 0 saturated heterocycles. The van der Waals surface area contributed by atoms with Crippen molar-refractivity contribution in [2.45, 2.75) is 38.5 Å². The molecule has 1 nitrogen and oxygen atoms in total. The van der Waals surface area contributed by atoms with Crippen LogP contribution in [0.1, 0.15) is 38.5 Å². The molecule has 4 rings (SSSR count). The van der Waals surface area contributed by atoms with Crippen molar-refractivity contribution in [2.75, 3.05) is 12.3 Å². The third-order valence-corrected chi connectivity index (χ3v) is 5.90. The lowest BCUT2D eigenvalue weighted by Crippen LogP contribution is -2.51. The zero-order valence-corrected chi connectivity index (χ0v) is 10.4. The zero-order chi connectivity index (χ0) is 10.5. The van der Waals surface area contributed by atoms with Crippen LogP contribution >= 0.6 is 12.6 Å². The second-order valence-corrected chi connectivity index (χ2v) is 6.76. The summed E-state index contributed by atoms with van der Waals surface area (Å²) < 4.78 is 0. The molecule has 4 fully saturated rings. The Morgan fingerprint density at radius 2 is 1.53 bits per heavy atom. The quantitative estimate of drug-likeness (QED) is 0.710. The van der Waals surface area contributed by atoms with Crippen molar-refractivity contribution < 1.29 is 0 Å². The monoisotopic (exact) mass is 225 g/mol. The van der Waals surface area contributed by atoms with E-state index in [1.165, 1.54) is 38.5 Å². The summed E-state index contributed by atoms with van der Waals surface area (Å²) in [5.41, 5.74) is 6.57. The number of thiol groups is 1. The molecular formula is C13H23NS. The van der Waals surface area contributed by atoms with Crippen molar-refractivity contribution in [3.8, 4) is 0 Å². The van der Waals surface area contributed by atoms with Crippen LogP contribution in [0.4, 0.5) is 0 Å². The van der Waals surface area contributed by atoms with E-state index in [1.807, 2.05) is 0 Å². The van der Waals surface area contributed by atoms with Crippen LogP contribution < -0.4 is 5.73 Å². The molecule has 15 heavy (non-hydrogen) atoms. The van der Waals surface area contributed by atoms with Crippen LogP contribution in [0, 0.1) is 29.1 Å². The SMILES string of the molecule is NCC(CS)C12CC3CC(CC(C3)C1)C2. The normalized spacial score (nSPS) is 49.6. The molecule has 4 aliphatic rings. The van der Waals surface area contributed by atoms with E-state index in [9.17, 15) is 0 Å². The van der Waals surface area contributed by atoms with Gasteiger partial charge in [0.05, 0.1) is 0 Å². The minimum Gasteiger partial charge on any atom is -0.330 e. The van der Waals surface area contributed by atoms with Crippen molar-refractivity contribution >= 4 is 12.6 Å². The topological polar surface area (TPSA) is 26.0 Å². The van der Waals surface area contributed by atoms with E-state index in [2.05, 4.69) is 12.6 Å². The fourth-order valence-electron chi connectivity index (χ4n) is 5.20. The Balaban J connectivity index is 1.86. The molecule has 0 amide bonds. The van der Waals surface area contributed by atoms with Gasteiger partial charge in [-0.1, -0.05) is 0 Å². The van der Waals surface area contributed by atoms with Crippen LogP contribution in [-0.4, -0.2) is 12.3 Å². The van der Waals surface area contributed by atoms with Gasteiger partial charge in [-0.25, -0.2) is 0 Å². The van der Waals surface area contributed by atoms with Gasteiger partial charge in [-0.2, -0.15) is 12.6 Å². The first-order chi connectivity index (χ1) is 7.25. The second-order valence-electron chi connectivity index (χ2n) is 6.40. The molecule has 0 spiro atoms. The smallest absolute Gasteiger partial charge is 0.00357 e. The van der Waals surface area contributed by atoms with Gasteiger partial charge in [0.1, 0.15) is 0 Å². The lowest BCUT2D eigenvalue weighted by molar-refractivity contribution is -0.0796. The average molecular weight is 225 g/mol. The van der Waals surface area contributed by atoms with Gasteiger partial charge in [-0.3, -0.25) is 0 Å². The van der Waals surface area contributed by atoms with E-state index in [0.717, 1.165) is 30.1 Å². The van der Waals surface area contributed by atoms with Crippen LogP contribution in [0.5, 0.6) is 0 Å². The first kappa shape index (κ1) is 10.5. The first-order valence-electron chi connectivity index (χ1n) is 6.56. The van der Waals surface area contributed by atoms with Gasteiger partial charge < -0.3 is 5.73 Å². The number of nitrogens with two attached hydrogens (primary N) is 1. The van der Waals surface area contributed by atoms with Crippen LogP contribution in [-0.2, 0) is 0 Å². The maximum atomic E-state index is 5.96. The largest absolute Gasteiger partial charge is 0.330 e. The summed E-state index contributed by atoms with van der Waals surface area (Å²) >= 11 is 4.53. The van der Waals surface area contributed by atoms with Crippen LogP contribution in [0.3, 0.4) is 0 Å². The van der Waals surface area contributed by atoms with E-state index in [-0.39, 0.29) is 0 Å². The third kappa shape index (κ3) is 1.56. The molecule has 0 radical (unpaired) electrons. The van der Waals surface area contributed by atoms with Gasteiger partial charge in [-0.05, 0) is 79.9 Å². The third-order valence-electron chi connectivity index (χ3n) is 5.46. The standard InChI is InChI=1S/C13H23NS/c14-7-12(8-15)13-4-9-1-10(5-13)3-11(2-9)6-13/h9-12,15H,1-8,14H2. The highest BCUT2D eigenvalue weighted by atomic mass is 32.1. The summed E-state index contributed by atoms with van der Waals surface area (Å²) in [5.74, 6) is 4.83. The van der Waals surface area contributed by atoms with Crippen molar-refractivity contribution in [3.05, 3.63) is 0 Å². The van der Waals surface area contributed by atoms with E-state index >= 15 is 0 Å². The van der Waals surface area contributed by atoms with Crippen molar-refractivity contribution in [1.29, 1.82) is 0 Å². The molecule has 2 heteroatoms. The van der Waals surface area contributed by atoms with Crippen LogP contribution in [0.15, 0.2) is 0 Å². The molecule has 2 N–H and O–H groups in total. The minimum atomic E-state index is 0.616. The van der Waals surface area contributed by atoms with Gasteiger partial charge in [0.25, 0.3) is 0 Å². The average Bonchev–Trinajstić information content (AvgIpc) is 2.16. The lowest BCUT2D eigenvalue weighted by atomic mass is 9.46. The highest BCUT2D eigenvalue weighted by Gasteiger charge is 2.53. The molecule has 4 saturated carbocycles. The molecule has 0 aromatic heterocycles. The maximum Gasteiger partial charge on any atom is -0.00357 e. The van der Waals surface area contributed by atoms with Crippen LogP contribution in [0.2, 0.25) is 0 Å². The summed E-state index contributed by atoms with van der Waals surface area (Å²) in [5, 5.41) is 0. The zero-order valence-electron chi connectivity index (χ0n) is 9.49.